The lowest BCUT2D eigenvalue weighted by molar-refractivity contribution is -0.000223. The maximum absolute atomic E-state index is 12.0. The first-order valence-corrected chi connectivity index (χ1v) is 5.99. The van der Waals surface area contributed by atoms with Gasteiger partial charge in [0.1, 0.15) is 5.75 Å². The van der Waals surface area contributed by atoms with Crippen LogP contribution in [0.15, 0.2) is 18.2 Å². The van der Waals surface area contributed by atoms with Gasteiger partial charge in [0.15, 0.2) is 0 Å². The Bertz CT molecular complexity index is 445. The highest BCUT2D eigenvalue weighted by Crippen LogP contribution is 2.34. The summed E-state index contributed by atoms with van der Waals surface area (Å²) in [5.41, 5.74) is 3.29. The predicted molar refractivity (Wildman–Crippen MR) is 65.2 cm³/mol. The van der Waals surface area contributed by atoms with Gasteiger partial charge >= 0.3 is 0 Å². The van der Waals surface area contributed by atoms with E-state index in [2.05, 4.69) is 5.48 Å². The number of hydrogen-bond acceptors (Lipinski definition) is 4. The van der Waals surface area contributed by atoms with Crippen molar-refractivity contribution in [2.75, 3.05) is 6.61 Å². The topological polar surface area (TPSA) is 67.8 Å². The number of hydroxylamine groups is 1. The zero-order valence-corrected chi connectivity index (χ0v) is 10.5. The highest BCUT2D eigenvalue weighted by molar-refractivity contribution is 5.95. The van der Waals surface area contributed by atoms with Gasteiger partial charge in [-0.3, -0.25) is 9.63 Å². The molecule has 0 unspecified atom stereocenters. The van der Waals surface area contributed by atoms with Crippen molar-refractivity contribution in [2.45, 2.75) is 32.5 Å². The van der Waals surface area contributed by atoms with E-state index >= 15 is 0 Å². The standard InChI is InChI=1S/C13H17NO4/c1-8(2)18-14-13(16)9-4-3-5-11-12(9)10(15)6-7-17-11/h3-5,8,10,15H,6-7H2,1-2H3,(H,14,16)/t10-/m0/s1. The number of carbonyl (C=O) groups is 1. The van der Waals surface area contributed by atoms with Crippen LogP contribution >= 0.6 is 0 Å². The summed E-state index contributed by atoms with van der Waals surface area (Å²) in [7, 11) is 0. The summed E-state index contributed by atoms with van der Waals surface area (Å²) < 4.78 is 5.43. The van der Waals surface area contributed by atoms with Gasteiger partial charge in [-0.15, -0.1) is 0 Å². The minimum atomic E-state index is -0.672. The second-order valence-corrected chi connectivity index (χ2v) is 4.47. The number of aliphatic hydroxyl groups is 1. The van der Waals surface area contributed by atoms with Crippen LogP contribution in [0, 0.1) is 0 Å². The molecule has 0 saturated heterocycles. The molecule has 1 aliphatic rings. The fraction of sp³-hybridized carbons (Fsp3) is 0.462. The molecule has 1 atom stereocenters. The van der Waals surface area contributed by atoms with Gasteiger partial charge in [0.2, 0.25) is 0 Å². The van der Waals surface area contributed by atoms with E-state index in [1.165, 1.54) is 0 Å². The van der Waals surface area contributed by atoms with E-state index in [4.69, 9.17) is 9.57 Å². The predicted octanol–water partition coefficient (Wildman–Crippen LogP) is 1.57. The molecule has 2 rings (SSSR count). The second kappa shape index (κ2) is 5.37. The van der Waals surface area contributed by atoms with Crippen molar-refractivity contribution in [3.63, 3.8) is 0 Å². The molecule has 5 nitrogen and oxygen atoms in total. The highest BCUT2D eigenvalue weighted by atomic mass is 16.7. The molecule has 98 valence electrons. The lowest BCUT2D eigenvalue weighted by Gasteiger charge is -2.24. The zero-order valence-electron chi connectivity index (χ0n) is 10.5. The van der Waals surface area contributed by atoms with E-state index in [9.17, 15) is 9.90 Å². The molecule has 0 spiro atoms. The van der Waals surface area contributed by atoms with Crippen LogP contribution in [0.2, 0.25) is 0 Å². The van der Waals surface area contributed by atoms with Crippen molar-refractivity contribution in [3.05, 3.63) is 29.3 Å². The fourth-order valence-corrected chi connectivity index (χ4v) is 1.86. The van der Waals surface area contributed by atoms with Gasteiger partial charge in [-0.25, -0.2) is 5.48 Å². The summed E-state index contributed by atoms with van der Waals surface area (Å²) in [6, 6.07) is 5.12. The number of amides is 1. The lowest BCUT2D eigenvalue weighted by Crippen LogP contribution is -2.29. The molecule has 0 saturated carbocycles. The normalized spacial score (nSPS) is 18.1. The van der Waals surface area contributed by atoms with Gasteiger partial charge in [0.25, 0.3) is 5.91 Å². The Balaban J connectivity index is 2.25. The third-order valence-electron chi connectivity index (χ3n) is 2.68. The molecular formula is C13H17NO4. The average Bonchev–Trinajstić information content (AvgIpc) is 2.35. The van der Waals surface area contributed by atoms with E-state index in [1.54, 1.807) is 18.2 Å². The van der Waals surface area contributed by atoms with Crippen molar-refractivity contribution in [1.82, 2.24) is 5.48 Å². The monoisotopic (exact) mass is 251 g/mol. The Morgan fingerprint density at radius 1 is 1.56 bits per heavy atom. The number of aliphatic hydroxyl groups excluding tert-OH is 1. The number of nitrogens with one attached hydrogen (secondary N) is 1. The van der Waals surface area contributed by atoms with Crippen LogP contribution < -0.4 is 10.2 Å². The molecule has 1 aromatic carbocycles. The first-order chi connectivity index (χ1) is 8.59. The number of fused-ring (bicyclic) bond motifs is 1. The molecule has 0 bridgehead atoms. The second-order valence-electron chi connectivity index (χ2n) is 4.47. The number of hydrogen-bond donors (Lipinski definition) is 2. The number of ether oxygens (including phenoxy) is 1. The maximum atomic E-state index is 12.0. The Labute approximate surface area is 106 Å². The minimum Gasteiger partial charge on any atom is -0.493 e. The lowest BCUT2D eigenvalue weighted by atomic mass is 9.97. The molecule has 5 heteroatoms. The van der Waals surface area contributed by atoms with Crippen molar-refractivity contribution in [1.29, 1.82) is 0 Å². The van der Waals surface area contributed by atoms with Crippen molar-refractivity contribution >= 4 is 5.91 Å². The molecule has 1 heterocycles. The Hall–Kier alpha value is -1.59. The van der Waals surface area contributed by atoms with E-state index < -0.39 is 6.10 Å². The van der Waals surface area contributed by atoms with Crippen LogP contribution in [0.1, 0.15) is 42.3 Å². The van der Waals surface area contributed by atoms with Crippen LogP contribution in [0.4, 0.5) is 0 Å². The quantitative estimate of drug-likeness (QED) is 0.800. The number of rotatable bonds is 3. The molecule has 18 heavy (non-hydrogen) atoms. The molecular weight excluding hydrogens is 234 g/mol. The summed E-state index contributed by atoms with van der Waals surface area (Å²) in [6.07, 6.45) is -0.285. The van der Waals surface area contributed by atoms with Crippen LogP contribution in [-0.2, 0) is 4.84 Å². The Kier molecular flexibility index (Phi) is 3.84. The molecule has 0 fully saturated rings. The van der Waals surface area contributed by atoms with Crippen molar-refractivity contribution in [2.24, 2.45) is 0 Å². The first kappa shape index (κ1) is 12.9. The smallest absolute Gasteiger partial charge is 0.275 e. The van der Waals surface area contributed by atoms with Gasteiger partial charge in [-0.05, 0) is 26.0 Å². The van der Waals surface area contributed by atoms with Crippen LogP contribution in [-0.4, -0.2) is 23.7 Å². The number of carbonyl (C=O) groups excluding carboxylic acids is 1. The summed E-state index contributed by atoms with van der Waals surface area (Å²) in [6.45, 7) is 4.10. The van der Waals surface area contributed by atoms with Gasteiger partial charge in [0, 0.05) is 12.0 Å². The summed E-state index contributed by atoms with van der Waals surface area (Å²) in [5, 5.41) is 9.97. The van der Waals surface area contributed by atoms with Crippen LogP contribution in [0.25, 0.3) is 0 Å². The molecule has 0 aliphatic carbocycles. The summed E-state index contributed by atoms with van der Waals surface area (Å²) in [4.78, 5) is 17.0. The van der Waals surface area contributed by atoms with E-state index in [-0.39, 0.29) is 12.0 Å². The van der Waals surface area contributed by atoms with Crippen LogP contribution in [0.5, 0.6) is 5.75 Å². The average molecular weight is 251 g/mol. The maximum Gasteiger partial charge on any atom is 0.275 e. The molecule has 1 aliphatic heterocycles. The number of benzene rings is 1. The Morgan fingerprint density at radius 3 is 3.06 bits per heavy atom. The van der Waals surface area contributed by atoms with Crippen molar-refractivity contribution < 1.29 is 19.5 Å². The van der Waals surface area contributed by atoms with Gasteiger partial charge in [-0.1, -0.05) is 6.07 Å². The summed E-state index contributed by atoms with van der Waals surface area (Å²) >= 11 is 0. The van der Waals surface area contributed by atoms with Crippen LogP contribution in [0.3, 0.4) is 0 Å². The van der Waals surface area contributed by atoms with Gasteiger partial charge < -0.3 is 9.84 Å². The third-order valence-corrected chi connectivity index (χ3v) is 2.68. The molecule has 1 aromatic rings. The zero-order chi connectivity index (χ0) is 13.1. The summed E-state index contributed by atoms with van der Waals surface area (Å²) in [5.74, 6) is 0.191. The van der Waals surface area contributed by atoms with E-state index in [0.29, 0.717) is 29.9 Å². The van der Waals surface area contributed by atoms with Crippen molar-refractivity contribution in [3.8, 4) is 5.75 Å². The first-order valence-electron chi connectivity index (χ1n) is 5.99. The molecule has 1 amide bonds. The largest absolute Gasteiger partial charge is 0.493 e. The van der Waals surface area contributed by atoms with Gasteiger partial charge in [-0.2, -0.15) is 0 Å². The third kappa shape index (κ3) is 2.63. The molecule has 0 radical (unpaired) electrons. The highest BCUT2D eigenvalue weighted by Gasteiger charge is 2.25. The Morgan fingerprint density at radius 2 is 2.33 bits per heavy atom. The SMILES string of the molecule is CC(C)ONC(=O)c1cccc2c1[C@@H](O)CCO2. The van der Waals surface area contributed by atoms with E-state index in [1.807, 2.05) is 13.8 Å². The fourth-order valence-electron chi connectivity index (χ4n) is 1.86. The molecule has 0 aromatic heterocycles. The minimum absolute atomic E-state index is 0.102. The molecule has 2 N–H and O–H groups in total. The van der Waals surface area contributed by atoms with Gasteiger partial charge in [0.05, 0.1) is 24.4 Å². The van der Waals surface area contributed by atoms with E-state index in [0.717, 1.165) is 0 Å².